The van der Waals surface area contributed by atoms with E-state index in [1.807, 2.05) is 6.07 Å². The van der Waals surface area contributed by atoms with Gasteiger partial charge < -0.3 is 15.7 Å². The van der Waals surface area contributed by atoms with Crippen LogP contribution in [0.5, 0.6) is 0 Å². The number of nitrogens with zero attached hydrogens (tertiary/aromatic N) is 2. The second kappa shape index (κ2) is 5.82. The number of rotatable bonds is 4. The molecule has 1 heterocycles. The molecule has 1 aromatic heterocycles. The second-order valence-corrected chi connectivity index (χ2v) is 4.58. The number of aliphatic hydroxyl groups excluding tert-OH is 1. The third-order valence-corrected chi connectivity index (χ3v) is 3.21. The fourth-order valence-corrected chi connectivity index (χ4v) is 2.27. The van der Waals surface area contributed by atoms with Gasteiger partial charge >= 0.3 is 0 Å². The second-order valence-electron chi connectivity index (χ2n) is 4.58. The van der Waals surface area contributed by atoms with E-state index >= 15 is 0 Å². The monoisotopic (exact) mass is 236 g/mol. The number of aliphatic hydroxyl groups is 1. The molecule has 0 spiro atoms. The van der Waals surface area contributed by atoms with Gasteiger partial charge in [0.1, 0.15) is 5.82 Å². The summed E-state index contributed by atoms with van der Waals surface area (Å²) in [5.41, 5.74) is 0. The standard InChI is InChI=1S/C12H20N4O/c1-13-12-14-6-5-11(16-12)15-8-9-3-2-4-10(17)7-9/h5-6,9-10,17H,2-4,7-8H2,1H3,(H2,13,14,15,16). The van der Waals surface area contributed by atoms with Crippen molar-refractivity contribution < 1.29 is 5.11 Å². The van der Waals surface area contributed by atoms with Crippen molar-refractivity contribution in [1.29, 1.82) is 0 Å². The molecule has 0 aliphatic heterocycles. The van der Waals surface area contributed by atoms with Crippen molar-refractivity contribution in [2.45, 2.75) is 31.8 Å². The molecule has 5 nitrogen and oxygen atoms in total. The highest BCUT2D eigenvalue weighted by Gasteiger charge is 2.19. The molecule has 0 amide bonds. The highest BCUT2D eigenvalue weighted by Crippen LogP contribution is 2.24. The summed E-state index contributed by atoms with van der Waals surface area (Å²) in [4.78, 5) is 8.36. The highest BCUT2D eigenvalue weighted by molar-refractivity contribution is 5.39. The maximum Gasteiger partial charge on any atom is 0.224 e. The Hall–Kier alpha value is -1.36. The maximum absolute atomic E-state index is 9.60. The van der Waals surface area contributed by atoms with Gasteiger partial charge in [-0.05, 0) is 31.2 Å². The Balaban J connectivity index is 1.84. The Kier molecular flexibility index (Phi) is 4.14. The number of hydrogen-bond acceptors (Lipinski definition) is 5. The van der Waals surface area contributed by atoms with E-state index in [9.17, 15) is 5.11 Å². The molecule has 2 rings (SSSR count). The lowest BCUT2D eigenvalue weighted by atomic mass is 9.87. The molecule has 17 heavy (non-hydrogen) atoms. The van der Waals surface area contributed by atoms with Crippen LogP contribution in [0.3, 0.4) is 0 Å². The van der Waals surface area contributed by atoms with Gasteiger partial charge in [-0.15, -0.1) is 0 Å². The van der Waals surface area contributed by atoms with Gasteiger partial charge in [0.05, 0.1) is 6.10 Å². The Morgan fingerprint density at radius 2 is 2.35 bits per heavy atom. The zero-order chi connectivity index (χ0) is 12.1. The first-order valence-corrected chi connectivity index (χ1v) is 6.20. The summed E-state index contributed by atoms with van der Waals surface area (Å²) in [6.45, 7) is 0.872. The highest BCUT2D eigenvalue weighted by atomic mass is 16.3. The SMILES string of the molecule is CNc1nccc(NCC2CCCC(O)C2)n1. The molecular weight excluding hydrogens is 216 g/mol. The van der Waals surface area contributed by atoms with Gasteiger partial charge in [-0.25, -0.2) is 4.98 Å². The lowest BCUT2D eigenvalue weighted by molar-refractivity contribution is 0.104. The van der Waals surface area contributed by atoms with Crippen LogP contribution < -0.4 is 10.6 Å². The number of nitrogens with one attached hydrogen (secondary N) is 2. The molecule has 1 saturated carbocycles. The van der Waals surface area contributed by atoms with Crippen LogP contribution in [0, 0.1) is 5.92 Å². The van der Waals surface area contributed by atoms with Crippen LogP contribution in [0.2, 0.25) is 0 Å². The van der Waals surface area contributed by atoms with Crippen LogP contribution in [-0.4, -0.2) is 34.8 Å². The summed E-state index contributed by atoms with van der Waals surface area (Å²) in [5.74, 6) is 2.01. The van der Waals surface area contributed by atoms with Gasteiger partial charge in [-0.3, -0.25) is 0 Å². The minimum Gasteiger partial charge on any atom is -0.393 e. The van der Waals surface area contributed by atoms with Gasteiger partial charge in [-0.1, -0.05) is 6.42 Å². The van der Waals surface area contributed by atoms with Crippen molar-refractivity contribution in [3.63, 3.8) is 0 Å². The van der Waals surface area contributed by atoms with Gasteiger partial charge in [0.15, 0.2) is 0 Å². The van der Waals surface area contributed by atoms with Crippen molar-refractivity contribution in [1.82, 2.24) is 9.97 Å². The predicted molar refractivity (Wildman–Crippen MR) is 68.0 cm³/mol. The quantitative estimate of drug-likeness (QED) is 0.738. The fraction of sp³-hybridized carbons (Fsp3) is 0.667. The Morgan fingerprint density at radius 3 is 3.12 bits per heavy atom. The Labute approximate surface area is 102 Å². The summed E-state index contributed by atoms with van der Waals surface area (Å²) < 4.78 is 0. The molecule has 5 heteroatoms. The van der Waals surface area contributed by atoms with Crippen LogP contribution in [0.4, 0.5) is 11.8 Å². The van der Waals surface area contributed by atoms with Gasteiger partial charge in [0.25, 0.3) is 0 Å². The molecule has 1 aromatic rings. The van der Waals surface area contributed by atoms with Crippen LogP contribution in [-0.2, 0) is 0 Å². The average molecular weight is 236 g/mol. The zero-order valence-electron chi connectivity index (χ0n) is 10.2. The van der Waals surface area contributed by atoms with Gasteiger partial charge in [0.2, 0.25) is 5.95 Å². The smallest absolute Gasteiger partial charge is 0.224 e. The molecular formula is C12H20N4O. The molecule has 1 aliphatic carbocycles. The van der Waals surface area contributed by atoms with E-state index in [1.165, 1.54) is 6.42 Å². The predicted octanol–water partition coefficient (Wildman–Crippen LogP) is 1.48. The van der Waals surface area contributed by atoms with Crippen LogP contribution in [0.25, 0.3) is 0 Å². The minimum atomic E-state index is -0.117. The number of hydrogen-bond donors (Lipinski definition) is 3. The maximum atomic E-state index is 9.60. The molecule has 3 N–H and O–H groups in total. The molecule has 2 unspecified atom stereocenters. The molecule has 2 atom stereocenters. The molecule has 0 saturated heterocycles. The summed E-state index contributed by atoms with van der Waals surface area (Å²) in [5, 5.41) is 15.8. The summed E-state index contributed by atoms with van der Waals surface area (Å²) in [7, 11) is 1.80. The molecule has 94 valence electrons. The van der Waals surface area contributed by atoms with Crippen molar-refractivity contribution in [3.05, 3.63) is 12.3 Å². The summed E-state index contributed by atoms with van der Waals surface area (Å²) in [6.07, 6.45) is 5.78. The van der Waals surface area contributed by atoms with Gasteiger partial charge in [0, 0.05) is 19.8 Å². The van der Waals surface area contributed by atoms with E-state index in [2.05, 4.69) is 20.6 Å². The van der Waals surface area contributed by atoms with E-state index in [1.54, 1.807) is 13.2 Å². The average Bonchev–Trinajstić information content (AvgIpc) is 2.37. The van der Waals surface area contributed by atoms with E-state index in [4.69, 9.17) is 0 Å². The Morgan fingerprint density at radius 1 is 1.47 bits per heavy atom. The molecule has 1 fully saturated rings. The zero-order valence-corrected chi connectivity index (χ0v) is 10.2. The van der Waals surface area contributed by atoms with E-state index in [0.717, 1.165) is 31.6 Å². The first kappa shape index (κ1) is 12.1. The third kappa shape index (κ3) is 3.56. The van der Waals surface area contributed by atoms with Crippen molar-refractivity contribution in [3.8, 4) is 0 Å². The van der Waals surface area contributed by atoms with E-state index in [-0.39, 0.29) is 6.10 Å². The molecule has 0 bridgehead atoms. The normalized spacial score (nSPS) is 24.4. The fourth-order valence-electron chi connectivity index (χ4n) is 2.27. The Bertz CT molecular complexity index is 358. The molecule has 0 radical (unpaired) electrons. The van der Waals surface area contributed by atoms with Crippen LogP contribution >= 0.6 is 0 Å². The minimum absolute atomic E-state index is 0.117. The first-order chi connectivity index (χ1) is 8.28. The number of aromatic nitrogens is 2. The van der Waals surface area contributed by atoms with E-state index in [0.29, 0.717) is 11.9 Å². The van der Waals surface area contributed by atoms with Crippen LogP contribution in [0.15, 0.2) is 12.3 Å². The van der Waals surface area contributed by atoms with Crippen molar-refractivity contribution in [2.24, 2.45) is 5.92 Å². The topological polar surface area (TPSA) is 70.1 Å². The van der Waals surface area contributed by atoms with Gasteiger partial charge in [-0.2, -0.15) is 4.98 Å². The number of anilines is 2. The molecule has 1 aliphatic rings. The third-order valence-electron chi connectivity index (χ3n) is 3.21. The lowest BCUT2D eigenvalue weighted by Crippen LogP contribution is -2.25. The van der Waals surface area contributed by atoms with E-state index < -0.39 is 0 Å². The van der Waals surface area contributed by atoms with Crippen molar-refractivity contribution >= 4 is 11.8 Å². The lowest BCUT2D eigenvalue weighted by Gasteiger charge is -2.26. The summed E-state index contributed by atoms with van der Waals surface area (Å²) >= 11 is 0. The molecule has 0 aromatic carbocycles. The first-order valence-electron chi connectivity index (χ1n) is 6.20. The largest absolute Gasteiger partial charge is 0.393 e. The van der Waals surface area contributed by atoms with Crippen LogP contribution in [0.1, 0.15) is 25.7 Å². The summed E-state index contributed by atoms with van der Waals surface area (Å²) in [6, 6.07) is 1.86. The van der Waals surface area contributed by atoms with Crippen molar-refractivity contribution in [2.75, 3.05) is 24.2 Å².